The second-order valence-electron chi connectivity index (χ2n) is 4.76. The highest BCUT2D eigenvalue weighted by Crippen LogP contribution is 2.33. The molecule has 0 unspecified atom stereocenters. The Hall–Kier alpha value is -2.32. The van der Waals surface area contributed by atoms with Gasteiger partial charge >= 0.3 is 5.76 Å². The van der Waals surface area contributed by atoms with Crippen LogP contribution in [0.3, 0.4) is 0 Å². The van der Waals surface area contributed by atoms with Gasteiger partial charge in [-0.25, -0.2) is 4.79 Å². The molecule has 0 saturated carbocycles. The molecule has 1 aromatic carbocycles. The minimum Gasteiger partial charge on any atom is -0.378 e. The summed E-state index contributed by atoms with van der Waals surface area (Å²) in [5.74, 6) is -1.26. The van der Waals surface area contributed by atoms with Crippen LogP contribution in [0, 0.1) is 0 Å². The molecule has 116 valence electrons. The van der Waals surface area contributed by atoms with E-state index in [1.165, 1.54) is 6.07 Å². The number of halogens is 1. The first kappa shape index (κ1) is 14.6. The maximum Gasteiger partial charge on any atom is 0.439 e. The number of nitrogens with zero attached hydrogens (tertiary/aromatic N) is 2. The fourth-order valence-electron chi connectivity index (χ4n) is 2.35. The lowest BCUT2D eigenvalue weighted by atomic mass is 10.0. The number of nitrogens with two attached hydrogens (primary N) is 1. The maximum atomic E-state index is 11.6. The molecule has 2 aromatic rings. The summed E-state index contributed by atoms with van der Waals surface area (Å²) in [5.41, 5.74) is 6.61. The number of hydrogen-bond acceptors (Lipinski definition) is 6. The fourth-order valence-corrected chi connectivity index (χ4v) is 2.64. The number of hydrogen-bond donors (Lipinski definition) is 2. The number of amides is 1. The van der Waals surface area contributed by atoms with Crippen molar-refractivity contribution in [3.05, 3.63) is 33.3 Å². The molecule has 3 N–H and O–H groups in total. The minimum absolute atomic E-state index is 0.130. The van der Waals surface area contributed by atoms with Crippen LogP contribution < -0.4 is 16.4 Å². The van der Waals surface area contributed by atoms with Crippen LogP contribution in [-0.4, -0.2) is 42.4 Å². The summed E-state index contributed by atoms with van der Waals surface area (Å²) in [4.78, 5) is 27.2. The highest BCUT2D eigenvalue weighted by Gasteiger charge is 2.21. The molecular formula is C13H13ClN4O4. The smallest absolute Gasteiger partial charge is 0.378 e. The highest BCUT2D eigenvalue weighted by molar-refractivity contribution is 6.34. The standard InChI is InChI=1S/C13H13ClN4O4/c14-9-5-7(11(15)19)8(12-16-13(20)22-17-12)6-10(9)18-1-3-21-4-2-18/h5-6H,1-4H2,(H2,15,19)(H,16,17,20). The van der Waals surface area contributed by atoms with Gasteiger partial charge < -0.3 is 15.4 Å². The molecule has 9 heteroatoms. The minimum atomic E-state index is -0.715. The number of benzene rings is 1. The summed E-state index contributed by atoms with van der Waals surface area (Å²) in [6, 6.07) is 3.14. The van der Waals surface area contributed by atoms with Gasteiger partial charge in [-0.1, -0.05) is 16.8 Å². The van der Waals surface area contributed by atoms with Crippen molar-refractivity contribution >= 4 is 23.2 Å². The zero-order chi connectivity index (χ0) is 15.7. The van der Waals surface area contributed by atoms with Gasteiger partial charge in [0.15, 0.2) is 5.82 Å². The molecule has 1 aliphatic heterocycles. The van der Waals surface area contributed by atoms with Gasteiger partial charge in [-0.15, -0.1) is 0 Å². The van der Waals surface area contributed by atoms with Crippen molar-refractivity contribution in [1.29, 1.82) is 0 Å². The predicted octanol–water partition coefficient (Wildman–Crippen LogP) is 0.619. The molecule has 1 saturated heterocycles. The van der Waals surface area contributed by atoms with E-state index in [0.29, 0.717) is 42.6 Å². The van der Waals surface area contributed by atoms with E-state index in [9.17, 15) is 9.59 Å². The van der Waals surface area contributed by atoms with Crippen molar-refractivity contribution in [3.63, 3.8) is 0 Å². The Morgan fingerprint density at radius 2 is 2.09 bits per heavy atom. The largest absolute Gasteiger partial charge is 0.439 e. The fraction of sp³-hybridized carbons (Fsp3) is 0.308. The Labute approximate surface area is 129 Å². The number of rotatable bonds is 3. The average molecular weight is 325 g/mol. The number of morpholine rings is 1. The highest BCUT2D eigenvalue weighted by atomic mass is 35.5. The number of anilines is 1. The van der Waals surface area contributed by atoms with Crippen molar-refractivity contribution in [3.8, 4) is 11.4 Å². The second-order valence-corrected chi connectivity index (χ2v) is 5.16. The van der Waals surface area contributed by atoms with Crippen LogP contribution in [0.1, 0.15) is 10.4 Å². The summed E-state index contributed by atoms with van der Waals surface area (Å²) in [5, 5.41) is 4.00. The monoisotopic (exact) mass is 324 g/mol. The van der Waals surface area contributed by atoms with Crippen LogP contribution in [-0.2, 0) is 4.74 Å². The quantitative estimate of drug-likeness (QED) is 0.855. The molecule has 22 heavy (non-hydrogen) atoms. The molecule has 3 rings (SSSR count). The first-order chi connectivity index (χ1) is 10.6. The van der Waals surface area contributed by atoms with Crippen LogP contribution in [0.15, 0.2) is 21.5 Å². The van der Waals surface area contributed by atoms with Crippen molar-refractivity contribution in [2.75, 3.05) is 31.2 Å². The summed E-state index contributed by atoms with van der Waals surface area (Å²) >= 11 is 6.27. The van der Waals surface area contributed by atoms with Gasteiger partial charge in [0.2, 0.25) is 5.91 Å². The molecule has 0 aliphatic carbocycles. The normalized spacial score (nSPS) is 15.0. The van der Waals surface area contributed by atoms with Gasteiger partial charge in [-0.05, 0) is 12.1 Å². The van der Waals surface area contributed by atoms with E-state index in [1.807, 2.05) is 4.90 Å². The van der Waals surface area contributed by atoms with Crippen molar-refractivity contribution in [2.45, 2.75) is 0 Å². The number of primary amides is 1. The summed E-state index contributed by atoms with van der Waals surface area (Å²) in [6.07, 6.45) is 0. The summed E-state index contributed by atoms with van der Waals surface area (Å²) in [7, 11) is 0. The van der Waals surface area contributed by atoms with Gasteiger partial charge in [0, 0.05) is 18.7 Å². The van der Waals surface area contributed by atoms with E-state index in [2.05, 4.69) is 14.7 Å². The molecule has 8 nitrogen and oxygen atoms in total. The lowest BCUT2D eigenvalue weighted by Crippen LogP contribution is -2.36. The van der Waals surface area contributed by atoms with Gasteiger partial charge in [0.1, 0.15) is 0 Å². The Morgan fingerprint density at radius 1 is 1.36 bits per heavy atom. The number of H-pyrrole nitrogens is 1. The molecule has 0 spiro atoms. The SMILES string of the molecule is NC(=O)c1cc(Cl)c(N2CCOCC2)cc1-c1noc(=O)[nH]1. The van der Waals surface area contributed by atoms with Crippen LogP contribution in [0.4, 0.5) is 5.69 Å². The number of carbonyl (C=O) groups is 1. The second kappa shape index (κ2) is 5.82. The van der Waals surface area contributed by atoms with Crippen LogP contribution in [0.25, 0.3) is 11.4 Å². The van der Waals surface area contributed by atoms with Crippen LogP contribution in [0.5, 0.6) is 0 Å². The number of aromatic nitrogens is 2. The Balaban J connectivity index is 2.13. The molecular weight excluding hydrogens is 312 g/mol. The zero-order valence-corrected chi connectivity index (χ0v) is 12.2. The van der Waals surface area contributed by atoms with Crippen LogP contribution >= 0.6 is 11.6 Å². The lowest BCUT2D eigenvalue weighted by molar-refractivity contribution is 0.100. The maximum absolute atomic E-state index is 11.6. The lowest BCUT2D eigenvalue weighted by Gasteiger charge is -2.30. The third-order valence-corrected chi connectivity index (χ3v) is 3.70. The van der Waals surface area contributed by atoms with Gasteiger partial charge in [-0.3, -0.25) is 14.3 Å². The first-order valence-corrected chi connectivity index (χ1v) is 6.96. The van der Waals surface area contributed by atoms with Crippen molar-refractivity contribution in [1.82, 2.24) is 10.1 Å². The molecule has 1 aromatic heterocycles. The number of aromatic amines is 1. The topological polar surface area (TPSA) is 114 Å². The van der Waals surface area contributed by atoms with E-state index in [1.54, 1.807) is 6.07 Å². The molecule has 0 radical (unpaired) electrons. The average Bonchev–Trinajstić information content (AvgIpc) is 2.94. The third kappa shape index (κ3) is 2.70. The van der Waals surface area contributed by atoms with Crippen molar-refractivity contribution < 1.29 is 14.1 Å². The molecule has 0 bridgehead atoms. The van der Waals surface area contributed by atoms with Gasteiger partial charge in [0.25, 0.3) is 0 Å². The summed E-state index contributed by atoms with van der Waals surface area (Å²) < 4.78 is 9.80. The molecule has 2 heterocycles. The van der Waals surface area contributed by atoms with E-state index < -0.39 is 11.7 Å². The van der Waals surface area contributed by atoms with Crippen LogP contribution in [0.2, 0.25) is 5.02 Å². The molecule has 1 aliphatic rings. The summed E-state index contributed by atoms with van der Waals surface area (Å²) in [6.45, 7) is 2.52. The van der Waals surface area contributed by atoms with E-state index >= 15 is 0 Å². The molecule has 1 amide bonds. The van der Waals surface area contributed by atoms with E-state index in [0.717, 1.165) is 0 Å². The Bertz CT molecular complexity index is 764. The third-order valence-electron chi connectivity index (χ3n) is 3.40. The zero-order valence-electron chi connectivity index (χ0n) is 11.5. The Kier molecular flexibility index (Phi) is 3.86. The predicted molar refractivity (Wildman–Crippen MR) is 79.1 cm³/mol. The van der Waals surface area contributed by atoms with Crippen molar-refractivity contribution in [2.24, 2.45) is 5.73 Å². The molecule has 1 fully saturated rings. The van der Waals surface area contributed by atoms with Gasteiger partial charge in [0.05, 0.1) is 29.5 Å². The first-order valence-electron chi connectivity index (χ1n) is 6.58. The number of ether oxygens (including phenoxy) is 1. The van der Waals surface area contributed by atoms with E-state index in [-0.39, 0.29) is 11.4 Å². The Morgan fingerprint density at radius 3 is 2.68 bits per heavy atom. The molecule has 0 atom stereocenters. The van der Waals surface area contributed by atoms with Gasteiger partial charge in [-0.2, -0.15) is 0 Å². The van der Waals surface area contributed by atoms with E-state index in [4.69, 9.17) is 22.1 Å². The number of nitrogens with one attached hydrogen (secondary N) is 1. The number of carbonyl (C=O) groups excluding carboxylic acids is 1.